The van der Waals surface area contributed by atoms with Crippen molar-refractivity contribution in [2.45, 2.75) is 46.0 Å². The second kappa shape index (κ2) is 6.15. The molecule has 11 heavy (non-hydrogen) atoms. The first kappa shape index (κ1) is 11.6. The van der Waals surface area contributed by atoms with E-state index in [4.69, 9.17) is 0 Å². The van der Waals surface area contributed by atoms with Crippen molar-refractivity contribution >= 4 is 0 Å². The van der Waals surface area contributed by atoms with Crippen LogP contribution in [0.15, 0.2) is 0 Å². The summed E-state index contributed by atoms with van der Waals surface area (Å²) in [6.45, 7) is 4.68. The van der Waals surface area contributed by atoms with E-state index >= 15 is 0 Å². The summed E-state index contributed by atoms with van der Waals surface area (Å²) in [5.74, 6) is 1.87. The van der Waals surface area contributed by atoms with Crippen molar-refractivity contribution < 1.29 is 18.9 Å². The smallest absolute Gasteiger partial charge is 0.325 e. The van der Waals surface area contributed by atoms with Crippen LogP contribution < -0.4 is 18.9 Å². The average molecular weight is 146 g/mol. The minimum absolute atomic E-state index is 0. The second-order valence-corrected chi connectivity index (χ2v) is 3.57. The Hall–Kier alpha value is 0.597. The van der Waals surface area contributed by atoms with Crippen LogP contribution in [0.3, 0.4) is 0 Å². The van der Waals surface area contributed by atoms with E-state index in [2.05, 4.69) is 20.3 Å². The van der Waals surface area contributed by atoms with E-state index in [1.165, 1.54) is 32.1 Å². The van der Waals surface area contributed by atoms with Crippen LogP contribution in [-0.2, 0) is 0 Å². The van der Waals surface area contributed by atoms with Crippen molar-refractivity contribution in [3.8, 4) is 0 Å². The van der Waals surface area contributed by atoms with Crippen molar-refractivity contribution in [2.24, 2.45) is 11.8 Å². The molecule has 1 saturated carbocycles. The summed E-state index contributed by atoms with van der Waals surface area (Å²) in [7, 11) is 0. The van der Waals surface area contributed by atoms with Gasteiger partial charge in [0.05, 0.1) is 0 Å². The monoisotopic (exact) mass is 146 g/mol. The van der Waals surface area contributed by atoms with Crippen LogP contribution in [-0.4, -0.2) is 0 Å². The zero-order valence-corrected chi connectivity index (χ0v) is 8.27. The summed E-state index contributed by atoms with van der Waals surface area (Å²) in [6.07, 6.45) is 9.61. The maximum absolute atomic E-state index is 2.54. The summed E-state index contributed by atoms with van der Waals surface area (Å²) < 4.78 is 0. The third kappa shape index (κ3) is 3.68. The van der Waals surface area contributed by atoms with E-state index in [1.54, 1.807) is 0 Å². The van der Waals surface area contributed by atoms with Crippen LogP contribution in [0.4, 0.5) is 0 Å². The van der Waals surface area contributed by atoms with Gasteiger partial charge in [-0.05, 0) is 0 Å². The maximum Gasteiger partial charge on any atom is 1.00 e. The predicted octanol–water partition coefficient (Wildman–Crippen LogP) is 0.431. The topological polar surface area (TPSA) is 0 Å². The van der Waals surface area contributed by atoms with Crippen LogP contribution in [0.5, 0.6) is 0 Å². The van der Waals surface area contributed by atoms with Gasteiger partial charge in [0, 0.05) is 0 Å². The van der Waals surface area contributed by atoms with Crippen molar-refractivity contribution in [1.82, 2.24) is 0 Å². The van der Waals surface area contributed by atoms with E-state index < -0.39 is 0 Å². The van der Waals surface area contributed by atoms with Crippen molar-refractivity contribution in [3.05, 3.63) is 6.42 Å². The van der Waals surface area contributed by atoms with Gasteiger partial charge in [0.25, 0.3) is 0 Å². The van der Waals surface area contributed by atoms with Crippen LogP contribution in [0.1, 0.15) is 46.0 Å². The predicted molar refractivity (Wildman–Crippen MR) is 45.7 cm³/mol. The quantitative estimate of drug-likeness (QED) is 0.391. The van der Waals surface area contributed by atoms with Gasteiger partial charge in [-0.15, -0.1) is 0 Å². The first-order valence-electron chi connectivity index (χ1n) is 4.68. The van der Waals surface area contributed by atoms with Crippen molar-refractivity contribution in [1.29, 1.82) is 0 Å². The molecule has 1 heteroatoms. The summed E-state index contributed by atoms with van der Waals surface area (Å²) in [5, 5.41) is 0. The molecule has 0 aromatic rings. The normalized spacial score (nSPS) is 27.3. The fourth-order valence-corrected chi connectivity index (χ4v) is 1.79. The average Bonchev–Trinajstić information content (AvgIpc) is 2.05. The molecule has 60 valence electrons. The Morgan fingerprint density at radius 1 is 1.45 bits per heavy atom. The van der Waals surface area contributed by atoms with Crippen molar-refractivity contribution in [3.63, 3.8) is 0 Å². The Morgan fingerprint density at radius 3 is 2.64 bits per heavy atom. The number of hydrogen-bond acceptors (Lipinski definition) is 0. The minimum atomic E-state index is 0. The molecule has 0 aromatic carbocycles. The third-order valence-corrected chi connectivity index (χ3v) is 2.84. The number of hydrogen-bond donors (Lipinski definition) is 0. The minimum Gasteiger partial charge on any atom is -0.325 e. The fourth-order valence-electron chi connectivity index (χ4n) is 1.79. The van der Waals surface area contributed by atoms with Gasteiger partial charge in [-0.2, -0.15) is 12.3 Å². The van der Waals surface area contributed by atoms with Crippen LogP contribution >= 0.6 is 0 Å². The molecule has 0 radical (unpaired) electrons. The number of rotatable bonds is 2. The van der Waals surface area contributed by atoms with Gasteiger partial charge in [0.1, 0.15) is 0 Å². The van der Waals surface area contributed by atoms with E-state index in [-0.39, 0.29) is 18.9 Å². The third-order valence-electron chi connectivity index (χ3n) is 2.84. The van der Waals surface area contributed by atoms with Gasteiger partial charge >= 0.3 is 18.9 Å². The Labute approximate surface area is 83.3 Å². The van der Waals surface area contributed by atoms with E-state index in [9.17, 15) is 0 Å². The molecule has 0 saturated heterocycles. The van der Waals surface area contributed by atoms with Crippen LogP contribution in [0.2, 0.25) is 0 Å². The Bertz CT molecular complexity index is 84.9. The largest absolute Gasteiger partial charge is 1.00 e. The van der Waals surface area contributed by atoms with Gasteiger partial charge in [0.2, 0.25) is 0 Å². The van der Waals surface area contributed by atoms with E-state index in [1.807, 2.05) is 0 Å². The molecule has 0 N–H and O–H groups in total. The molecule has 1 rings (SSSR count). The molecule has 0 aromatic heterocycles. The Balaban J connectivity index is 0.000001000. The molecule has 0 bridgehead atoms. The SMILES string of the molecule is CCC(C)C1[CH-]CCCC1.[Li+]. The zero-order chi connectivity index (χ0) is 7.40. The molecule has 1 aliphatic carbocycles. The summed E-state index contributed by atoms with van der Waals surface area (Å²) in [5.41, 5.74) is 0. The molecule has 0 spiro atoms. The molecule has 1 aliphatic rings. The standard InChI is InChI=1S/C10H19.Li/c1-3-9(2)10-7-5-4-6-8-10;/h7,9-10H,3-6,8H2,1-2H3;/q-1;+1. The first-order chi connectivity index (χ1) is 4.84. The van der Waals surface area contributed by atoms with E-state index in [0.29, 0.717) is 0 Å². The van der Waals surface area contributed by atoms with Gasteiger partial charge in [-0.3, -0.25) is 0 Å². The van der Waals surface area contributed by atoms with Crippen molar-refractivity contribution in [2.75, 3.05) is 0 Å². The molecule has 2 unspecified atom stereocenters. The summed E-state index contributed by atoms with van der Waals surface area (Å²) in [6, 6.07) is 0. The first-order valence-corrected chi connectivity index (χ1v) is 4.68. The molecule has 0 heterocycles. The Morgan fingerprint density at radius 2 is 2.18 bits per heavy atom. The molecule has 0 nitrogen and oxygen atoms in total. The summed E-state index contributed by atoms with van der Waals surface area (Å²) >= 11 is 0. The maximum atomic E-state index is 2.54. The molecule has 0 aliphatic heterocycles. The van der Waals surface area contributed by atoms with Gasteiger partial charge in [-0.1, -0.05) is 45.4 Å². The molecule has 2 atom stereocenters. The zero-order valence-electron chi connectivity index (χ0n) is 8.27. The van der Waals surface area contributed by atoms with Gasteiger partial charge in [0.15, 0.2) is 0 Å². The fraction of sp³-hybridized carbons (Fsp3) is 0.900. The van der Waals surface area contributed by atoms with Crippen LogP contribution in [0.25, 0.3) is 0 Å². The molecule has 0 amide bonds. The van der Waals surface area contributed by atoms with Gasteiger partial charge in [-0.25, -0.2) is 0 Å². The summed E-state index contributed by atoms with van der Waals surface area (Å²) in [4.78, 5) is 0. The van der Waals surface area contributed by atoms with Crippen LogP contribution in [0, 0.1) is 18.3 Å². The molecular weight excluding hydrogens is 127 g/mol. The second-order valence-electron chi connectivity index (χ2n) is 3.57. The van der Waals surface area contributed by atoms with E-state index in [0.717, 1.165) is 11.8 Å². The molecule has 1 fully saturated rings. The Kier molecular flexibility index (Phi) is 6.49. The van der Waals surface area contributed by atoms with Gasteiger partial charge < -0.3 is 6.42 Å². The molecular formula is C10H19Li.